The van der Waals surface area contributed by atoms with Gasteiger partial charge in [-0.15, -0.1) is 0 Å². The van der Waals surface area contributed by atoms with Gasteiger partial charge in [-0.2, -0.15) is 0 Å². The summed E-state index contributed by atoms with van der Waals surface area (Å²) in [6.07, 6.45) is 3.70. The third-order valence-corrected chi connectivity index (χ3v) is 10.4. The van der Waals surface area contributed by atoms with Crippen LogP contribution in [0.3, 0.4) is 0 Å². The topological polar surface area (TPSA) is 162 Å². The highest BCUT2D eigenvalue weighted by atomic mass is 35.5. The number of rotatable bonds is 22. The van der Waals surface area contributed by atoms with Crippen molar-refractivity contribution in [2.75, 3.05) is 33.4 Å². The van der Waals surface area contributed by atoms with Crippen molar-refractivity contribution < 1.29 is 44.5 Å². The highest BCUT2D eigenvalue weighted by Gasteiger charge is 2.48. The number of hydrogen-bond acceptors (Lipinski definition) is 10. The first-order valence-corrected chi connectivity index (χ1v) is 18.7. The molecule has 284 valence electrons. The van der Waals surface area contributed by atoms with Gasteiger partial charge >= 0.3 is 0 Å². The number of aromatic nitrogens is 1. The SMILES string of the molecule is COCCN(CCCCc1cc(Cl)c(COC2(c3cnccc3-c3ccccc3OC3CC3)CC2)cc1C)C(=O)CC[C@H](O)C(O)[C@H](O)[C@H](O)CO. The second-order valence-electron chi connectivity index (χ2n) is 14.1. The van der Waals surface area contributed by atoms with Crippen LogP contribution in [0.2, 0.25) is 5.02 Å². The van der Waals surface area contributed by atoms with Crippen LogP contribution < -0.4 is 4.74 Å². The molecule has 1 aromatic heterocycles. The molecule has 5 N–H and O–H groups in total. The molecule has 12 heteroatoms. The molecule has 0 aliphatic heterocycles. The third-order valence-electron chi connectivity index (χ3n) is 10.0. The summed E-state index contributed by atoms with van der Waals surface area (Å²) in [5.41, 5.74) is 5.95. The summed E-state index contributed by atoms with van der Waals surface area (Å²) in [5, 5.41) is 49.4. The van der Waals surface area contributed by atoms with E-state index in [0.717, 1.165) is 84.1 Å². The van der Waals surface area contributed by atoms with Crippen molar-refractivity contribution in [3.63, 3.8) is 0 Å². The molecule has 2 saturated carbocycles. The number of aryl methyl sites for hydroxylation is 2. The first-order valence-electron chi connectivity index (χ1n) is 18.3. The molecule has 0 bridgehead atoms. The lowest BCUT2D eigenvalue weighted by atomic mass is 9.96. The van der Waals surface area contributed by atoms with Gasteiger partial charge in [0.2, 0.25) is 5.91 Å². The lowest BCUT2D eigenvalue weighted by Crippen LogP contribution is -2.46. The largest absolute Gasteiger partial charge is 0.490 e. The van der Waals surface area contributed by atoms with E-state index in [1.165, 1.54) is 0 Å². The summed E-state index contributed by atoms with van der Waals surface area (Å²) in [6, 6.07) is 14.3. The molecular formula is C40H53ClN2O9. The van der Waals surface area contributed by atoms with Crippen LogP contribution in [0.1, 0.15) is 73.6 Å². The monoisotopic (exact) mass is 740 g/mol. The summed E-state index contributed by atoms with van der Waals surface area (Å²) in [5.74, 6) is 0.675. The molecule has 1 amide bonds. The standard InChI is InChI=1S/C40H53ClN2O9/c1-26-21-28(25-51-40(15-16-40)32-23-42-17-14-30(32)31-8-3-4-9-36(31)52-29-10-11-29)33(41)22-27(26)7-5-6-18-43(19-20-50-2)37(47)13-12-34(45)38(48)39(49)35(46)24-44/h3-4,8-9,14,17,21-23,29,34-35,38-39,44-46,48-49H,5-7,10-13,15-16,18-20,24-25H2,1-2H3/t34-,35+,38?,39+/m0/s1. The quantitative estimate of drug-likeness (QED) is 0.0930. The molecule has 0 radical (unpaired) electrons. The van der Waals surface area contributed by atoms with E-state index in [-0.39, 0.29) is 18.7 Å². The minimum Gasteiger partial charge on any atom is -0.490 e. The number of methoxy groups -OCH3 is 1. The van der Waals surface area contributed by atoms with Crippen molar-refractivity contribution in [3.05, 3.63) is 82.1 Å². The fourth-order valence-electron chi connectivity index (χ4n) is 6.48. The number of halogens is 1. The van der Waals surface area contributed by atoms with Gasteiger partial charge in [0.15, 0.2) is 0 Å². The van der Waals surface area contributed by atoms with Gasteiger partial charge in [-0.25, -0.2) is 0 Å². The fourth-order valence-corrected chi connectivity index (χ4v) is 6.72. The number of hydrogen-bond donors (Lipinski definition) is 5. The zero-order valence-corrected chi connectivity index (χ0v) is 30.9. The van der Waals surface area contributed by atoms with Gasteiger partial charge in [0.1, 0.15) is 24.1 Å². The molecule has 11 nitrogen and oxygen atoms in total. The fraction of sp³-hybridized carbons (Fsp3) is 0.550. The summed E-state index contributed by atoms with van der Waals surface area (Å²) in [6.45, 7) is 2.89. The first kappa shape index (κ1) is 40.1. The average molecular weight is 741 g/mol. The summed E-state index contributed by atoms with van der Waals surface area (Å²) < 4.78 is 18.1. The highest BCUT2D eigenvalue weighted by molar-refractivity contribution is 6.31. The van der Waals surface area contributed by atoms with Crippen molar-refractivity contribution in [2.24, 2.45) is 0 Å². The van der Waals surface area contributed by atoms with E-state index >= 15 is 0 Å². The normalized spacial score (nSPS) is 17.3. The number of nitrogens with zero attached hydrogens (tertiary/aromatic N) is 2. The van der Waals surface area contributed by atoms with Crippen LogP contribution in [-0.4, -0.2) is 105 Å². The van der Waals surface area contributed by atoms with Crippen molar-refractivity contribution in [1.82, 2.24) is 9.88 Å². The van der Waals surface area contributed by atoms with Gasteiger partial charge < -0.3 is 44.6 Å². The van der Waals surface area contributed by atoms with Gasteiger partial charge in [0.05, 0.1) is 37.6 Å². The maximum Gasteiger partial charge on any atom is 0.222 e. The Labute approximate surface area is 311 Å². The average Bonchev–Trinajstić information content (AvgIpc) is 4.11. The Morgan fingerprint density at radius 1 is 1.00 bits per heavy atom. The van der Waals surface area contributed by atoms with Crippen LogP contribution in [0.25, 0.3) is 11.1 Å². The van der Waals surface area contributed by atoms with Crippen LogP contribution in [0, 0.1) is 6.92 Å². The number of para-hydroxylation sites is 1. The number of carbonyl (C=O) groups is 1. The molecular weight excluding hydrogens is 688 g/mol. The zero-order chi connectivity index (χ0) is 37.3. The predicted octanol–water partition coefficient (Wildman–Crippen LogP) is 4.47. The van der Waals surface area contributed by atoms with Crippen molar-refractivity contribution in [3.8, 4) is 16.9 Å². The number of aliphatic hydroxyl groups excluding tert-OH is 5. The lowest BCUT2D eigenvalue weighted by molar-refractivity contribution is -0.135. The second-order valence-corrected chi connectivity index (χ2v) is 14.5. The van der Waals surface area contributed by atoms with Gasteiger partial charge in [-0.3, -0.25) is 9.78 Å². The number of ether oxygens (including phenoxy) is 3. The van der Waals surface area contributed by atoms with Crippen LogP contribution in [-0.2, 0) is 32.9 Å². The van der Waals surface area contributed by atoms with E-state index in [9.17, 15) is 25.2 Å². The van der Waals surface area contributed by atoms with Gasteiger partial charge in [0.25, 0.3) is 0 Å². The van der Waals surface area contributed by atoms with E-state index in [0.29, 0.717) is 37.4 Å². The molecule has 5 rings (SSSR count). The van der Waals surface area contributed by atoms with Crippen LogP contribution in [0.4, 0.5) is 0 Å². The molecule has 2 aromatic carbocycles. The maximum absolute atomic E-state index is 13.0. The van der Waals surface area contributed by atoms with E-state index in [4.69, 9.17) is 30.9 Å². The smallest absolute Gasteiger partial charge is 0.222 e. The Morgan fingerprint density at radius 2 is 1.75 bits per heavy atom. The number of unbranched alkanes of at least 4 members (excludes halogenated alkanes) is 1. The van der Waals surface area contributed by atoms with Crippen molar-refractivity contribution >= 4 is 17.5 Å². The first-order chi connectivity index (χ1) is 25.1. The van der Waals surface area contributed by atoms with E-state index in [1.54, 1.807) is 12.0 Å². The third kappa shape index (κ3) is 10.5. The number of amides is 1. The van der Waals surface area contributed by atoms with Crippen LogP contribution in [0.15, 0.2) is 54.9 Å². The van der Waals surface area contributed by atoms with Crippen molar-refractivity contribution in [1.29, 1.82) is 0 Å². The molecule has 0 saturated heterocycles. The lowest BCUT2D eigenvalue weighted by Gasteiger charge is -2.27. The number of benzene rings is 2. The summed E-state index contributed by atoms with van der Waals surface area (Å²) >= 11 is 6.83. The second kappa shape index (κ2) is 18.8. The van der Waals surface area contributed by atoms with E-state index in [2.05, 4.69) is 24.0 Å². The van der Waals surface area contributed by atoms with Gasteiger partial charge in [-0.1, -0.05) is 35.9 Å². The number of aliphatic hydroxyl groups is 5. The molecule has 0 spiro atoms. The maximum atomic E-state index is 13.0. The Bertz CT molecular complexity index is 1620. The van der Waals surface area contributed by atoms with Crippen LogP contribution >= 0.6 is 11.6 Å². The molecule has 2 aliphatic rings. The molecule has 2 aliphatic carbocycles. The molecule has 1 unspecified atom stereocenters. The van der Waals surface area contributed by atoms with Gasteiger partial charge in [0, 0.05) is 55.2 Å². The summed E-state index contributed by atoms with van der Waals surface area (Å²) in [4.78, 5) is 19.1. The van der Waals surface area contributed by atoms with Gasteiger partial charge in [-0.05, 0) is 98.7 Å². The van der Waals surface area contributed by atoms with E-state index in [1.807, 2.05) is 42.7 Å². The highest BCUT2D eigenvalue weighted by Crippen LogP contribution is 2.53. The Hall–Kier alpha value is -3.13. The zero-order valence-electron chi connectivity index (χ0n) is 30.1. The predicted molar refractivity (Wildman–Crippen MR) is 197 cm³/mol. The van der Waals surface area contributed by atoms with Crippen molar-refractivity contribution in [2.45, 2.75) is 107 Å². The molecule has 3 aromatic rings. The molecule has 4 atom stereocenters. The molecule has 1 heterocycles. The Morgan fingerprint density at radius 3 is 2.46 bits per heavy atom. The molecule has 2 fully saturated rings. The minimum absolute atomic E-state index is 0.0619. The summed E-state index contributed by atoms with van der Waals surface area (Å²) in [7, 11) is 1.56. The van der Waals surface area contributed by atoms with E-state index < -0.39 is 36.6 Å². The molecule has 52 heavy (non-hydrogen) atoms. The van der Waals surface area contributed by atoms with Crippen LogP contribution in [0.5, 0.6) is 5.75 Å². The Kier molecular flexibility index (Phi) is 14.5. The Balaban J connectivity index is 1.14. The number of carbonyl (C=O) groups excluding carboxylic acids is 1. The minimum atomic E-state index is -1.73. The number of pyridine rings is 1.